The van der Waals surface area contributed by atoms with Gasteiger partial charge in [-0.15, -0.1) is 0 Å². The van der Waals surface area contributed by atoms with Gasteiger partial charge in [-0.3, -0.25) is 0 Å². The Morgan fingerprint density at radius 3 is 2.38 bits per heavy atom. The van der Waals surface area contributed by atoms with E-state index in [-0.39, 0.29) is 0 Å². The molecule has 0 bridgehead atoms. The highest BCUT2D eigenvalue weighted by molar-refractivity contribution is 4.69. The zero-order valence-corrected chi connectivity index (χ0v) is 7.04. The molecule has 1 aromatic heterocycles. The van der Waals surface area contributed by atoms with Crippen molar-refractivity contribution in [3.63, 3.8) is 0 Å². The van der Waals surface area contributed by atoms with E-state index in [1.807, 2.05) is 6.07 Å². The summed E-state index contributed by atoms with van der Waals surface area (Å²) in [6.45, 7) is 0.360. The fourth-order valence-electron chi connectivity index (χ4n) is 1.01. The van der Waals surface area contributed by atoms with Gasteiger partial charge in [0.1, 0.15) is 0 Å². The standard InChI is InChI=1S/C7H10N4O2/c8-4-2-1-3-5-11-6(12)9-10-7(11)13/h1-3,5H2,(H,9,12)(H,10,13). The maximum atomic E-state index is 10.9. The van der Waals surface area contributed by atoms with Crippen molar-refractivity contribution in [1.82, 2.24) is 14.8 Å². The minimum absolute atomic E-state index is 0.360. The van der Waals surface area contributed by atoms with Gasteiger partial charge in [-0.05, 0) is 12.8 Å². The highest BCUT2D eigenvalue weighted by Gasteiger charge is 2.00. The number of unbranched alkanes of at least 4 members (excludes halogenated alkanes) is 2. The molecule has 0 radical (unpaired) electrons. The van der Waals surface area contributed by atoms with Crippen LogP contribution in [0, 0.1) is 11.3 Å². The van der Waals surface area contributed by atoms with E-state index in [2.05, 4.69) is 10.2 Å². The van der Waals surface area contributed by atoms with Gasteiger partial charge in [-0.25, -0.2) is 24.4 Å². The smallest absolute Gasteiger partial charge is 0.247 e. The SMILES string of the molecule is N#CCCCCn1c(=O)[nH][nH]c1=O. The van der Waals surface area contributed by atoms with Crippen LogP contribution < -0.4 is 11.4 Å². The molecule has 1 aromatic rings. The molecule has 0 aromatic carbocycles. The van der Waals surface area contributed by atoms with Crippen LogP contribution in [0.5, 0.6) is 0 Å². The molecule has 0 aliphatic heterocycles. The molecule has 1 rings (SSSR count). The molecule has 0 atom stereocenters. The number of aromatic amines is 2. The first-order chi connectivity index (χ1) is 6.25. The first kappa shape index (κ1) is 9.32. The Balaban J connectivity index is 2.51. The summed E-state index contributed by atoms with van der Waals surface area (Å²) in [6, 6.07) is 2.00. The van der Waals surface area contributed by atoms with Crippen molar-refractivity contribution in [2.45, 2.75) is 25.8 Å². The molecule has 0 fully saturated rings. The zero-order chi connectivity index (χ0) is 9.68. The maximum Gasteiger partial charge on any atom is 0.344 e. The maximum absolute atomic E-state index is 10.9. The summed E-state index contributed by atoms with van der Waals surface area (Å²) in [5.74, 6) is 0. The summed E-state index contributed by atoms with van der Waals surface area (Å²) < 4.78 is 1.08. The van der Waals surface area contributed by atoms with Crippen molar-refractivity contribution in [2.24, 2.45) is 0 Å². The lowest BCUT2D eigenvalue weighted by Gasteiger charge is -1.95. The second kappa shape index (κ2) is 4.30. The van der Waals surface area contributed by atoms with Gasteiger partial charge >= 0.3 is 11.4 Å². The summed E-state index contributed by atoms with van der Waals surface area (Å²) >= 11 is 0. The Morgan fingerprint density at radius 1 is 1.23 bits per heavy atom. The van der Waals surface area contributed by atoms with Crippen molar-refractivity contribution < 1.29 is 0 Å². The number of nitrogens with zero attached hydrogens (tertiary/aromatic N) is 2. The van der Waals surface area contributed by atoms with E-state index in [0.717, 1.165) is 4.57 Å². The Bertz CT molecular complexity index is 378. The Kier molecular flexibility index (Phi) is 3.09. The van der Waals surface area contributed by atoms with Gasteiger partial charge in [-0.1, -0.05) is 0 Å². The second-order valence-corrected chi connectivity index (χ2v) is 2.63. The lowest BCUT2D eigenvalue weighted by Crippen LogP contribution is -2.26. The quantitative estimate of drug-likeness (QED) is 0.618. The second-order valence-electron chi connectivity index (χ2n) is 2.63. The van der Waals surface area contributed by atoms with Gasteiger partial charge in [0, 0.05) is 13.0 Å². The fourth-order valence-corrected chi connectivity index (χ4v) is 1.01. The van der Waals surface area contributed by atoms with Crippen molar-refractivity contribution in [2.75, 3.05) is 0 Å². The number of nitrogens with one attached hydrogen (secondary N) is 2. The third-order valence-electron chi connectivity index (χ3n) is 1.69. The van der Waals surface area contributed by atoms with Gasteiger partial charge in [0.15, 0.2) is 0 Å². The van der Waals surface area contributed by atoms with Crippen LogP contribution >= 0.6 is 0 Å². The summed E-state index contributed by atoms with van der Waals surface area (Å²) in [5, 5.41) is 12.6. The molecular formula is C7H10N4O2. The summed E-state index contributed by atoms with van der Waals surface area (Å²) in [5.41, 5.74) is -0.857. The topological polar surface area (TPSA) is 94.4 Å². The van der Waals surface area contributed by atoms with Crippen LogP contribution in [0.3, 0.4) is 0 Å². The van der Waals surface area contributed by atoms with Gasteiger partial charge in [0.2, 0.25) is 0 Å². The van der Waals surface area contributed by atoms with Crippen LogP contribution in [0.2, 0.25) is 0 Å². The van der Waals surface area contributed by atoms with E-state index in [9.17, 15) is 9.59 Å². The molecule has 0 saturated heterocycles. The summed E-state index contributed by atoms with van der Waals surface area (Å²) in [6.07, 6.45) is 1.82. The average Bonchev–Trinajstić information content (AvgIpc) is 2.42. The van der Waals surface area contributed by atoms with Crippen LogP contribution in [0.25, 0.3) is 0 Å². The lowest BCUT2D eigenvalue weighted by molar-refractivity contribution is 0.587. The molecule has 0 saturated carbocycles. The first-order valence-electron chi connectivity index (χ1n) is 4.00. The Morgan fingerprint density at radius 2 is 1.85 bits per heavy atom. The van der Waals surface area contributed by atoms with Crippen LogP contribution in [0.4, 0.5) is 0 Å². The molecule has 0 amide bonds. The summed E-state index contributed by atoms with van der Waals surface area (Å²) in [4.78, 5) is 21.8. The van der Waals surface area contributed by atoms with Crippen molar-refractivity contribution in [3.05, 3.63) is 21.0 Å². The van der Waals surface area contributed by atoms with E-state index in [4.69, 9.17) is 5.26 Å². The van der Waals surface area contributed by atoms with Gasteiger partial charge in [0.25, 0.3) is 0 Å². The number of nitriles is 1. The number of H-pyrrole nitrogens is 2. The molecule has 70 valence electrons. The van der Waals surface area contributed by atoms with E-state index in [0.29, 0.717) is 25.8 Å². The molecule has 6 heteroatoms. The number of aromatic nitrogens is 3. The van der Waals surface area contributed by atoms with Gasteiger partial charge < -0.3 is 0 Å². The first-order valence-corrected chi connectivity index (χ1v) is 4.00. The van der Waals surface area contributed by atoms with Crippen LogP contribution in [0.1, 0.15) is 19.3 Å². The molecule has 1 heterocycles. The number of rotatable bonds is 4. The summed E-state index contributed by atoms with van der Waals surface area (Å²) in [7, 11) is 0. The fraction of sp³-hybridized carbons (Fsp3) is 0.571. The predicted octanol–water partition coefficient (Wildman–Crippen LogP) is -0.441. The molecule has 0 spiro atoms. The molecule has 6 nitrogen and oxygen atoms in total. The van der Waals surface area contributed by atoms with E-state index in [1.165, 1.54) is 0 Å². The minimum atomic E-state index is -0.429. The minimum Gasteiger partial charge on any atom is -0.247 e. The normalized spacial score (nSPS) is 9.77. The third kappa shape index (κ3) is 2.33. The molecular weight excluding hydrogens is 172 g/mol. The van der Waals surface area contributed by atoms with Crippen molar-refractivity contribution in [1.29, 1.82) is 5.26 Å². The third-order valence-corrected chi connectivity index (χ3v) is 1.69. The van der Waals surface area contributed by atoms with Crippen LogP contribution in [-0.4, -0.2) is 14.8 Å². The van der Waals surface area contributed by atoms with Crippen molar-refractivity contribution >= 4 is 0 Å². The van der Waals surface area contributed by atoms with E-state index >= 15 is 0 Å². The molecule has 0 aliphatic carbocycles. The Labute approximate surface area is 73.8 Å². The molecule has 0 unspecified atom stereocenters. The number of hydrogen-bond donors (Lipinski definition) is 2. The zero-order valence-electron chi connectivity index (χ0n) is 7.04. The van der Waals surface area contributed by atoms with Crippen LogP contribution in [0.15, 0.2) is 9.59 Å². The highest BCUT2D eigenvalue weighted by Crippen LogP contribution is 1.93. The van der Waals surface area contributed by atoms with Gasteiger partial charge in [0.05, 0.1) is 6.07 Å². The van der Waals surface area contributed by atoms with E-state index in [1.54, 1.807) is 0 Å². The lowest BCUT2D eigenvalue weighted by atomic mass is 10.2. The highest BCUT2D eigenvalue weighted by atomic mass is 16.2. The van der Waals surface area contributed by atoms with E-state index < -0.39 is 11.4 Å². The molecule has 0 aliphatic rings. The van der Waals surface area contributed by atoms with Crippen LogP contribution in [-0.2, 0) is 6.54 Å². The largest absolute Gasteiger partial charge is 0.344 e. The average molecular weight is 182 g/mol. The number of hydrogen-bond acceptors (Lipinski definition) is 3. The predicted molar refractivity (Wildman–Crippen MR) is 45.1 cm³/mol. The molecule has 2 N–H and O–H groups in total. The molecule has 13 heavy (non-hydrogen) atoms. The monoisotopic (exact) mass is 182 g/mol. The van der Waals surface area contributed by atoms with Gasteiger partial charge in [-0.2, -0.15) is 5.26 Å². The van der Waals surface area contributed by atoms with Crippen molar-refractivity contribution in [3.8, 4) is 6.07 Å². The Hall–Kier alpha value is -1.77.